The van der Waals surface area contributed by atoms with Crippen LogP contribution in [0.2, 0.25) is 0 Å². The SMILES string of the molecule is C#CC(C)C#CCC. The van der Waals surface area contributed by atoms with Crippen molar-refractivity contribution in [3.8, 4) is 24.2 Å². The van der Waals surface area contributed by atoms with Crippen LogP contribution in [0, 0.1) is 30.1 Å². The number of terminal acetylenes is 1. The van der Waals surface area contributed by atoms with Crippen molar-refractivity contribution < 1.29 is 0 Å². The molecule has 0 radical (unpaired) electrons. The fraction of sp³-hybridized carbons (Fsp3) is 0.500. The first kappa shape index (κ1) is 7.12. The molecule has 0 aromatic heterocycles. The van der Waals surface area contributed by atoms with Gasteiger partial charge in [0.15, 0.2) is 0 Å². The van der Waals surface area contributed by atoms with Crippen LogP contribution >= 0.6 is 0 Å². The molecular formula is C8H10. The second-order valence-corrected chi connectivity index (χ2v) is 1.56. The van der Waals surface area contributed by atoms with Crippen LogP contribution in [0.1, 0.15) is 20.3 Å². The standard InChI is InChI=1S/C8H10/c1-4-6-7-8(3)5-2/h2,8H,4H2,1,3H3. The van der Waals surface area contributed by atoms with Gasteiger partial charge in [-0.3, -0.25) is 0 Å². The second kappa shape index (κ2) is 4.28. The van der Waals surface area contributed by atoms with E-state index in [1.54, 1.807) is 0 Å². The Morgan fingerprint density at radius 1 is 1.62 bits per heavy atom. The van der Waals surface area contributed by atoms with Gasteiger partial charge in [0.1, 0.15) is 0 Å². The zero-order valence-corrected chi connectivity index (χ0v) is 5.36. The molecule has 0 amide bonds. The van der Waals surface area contributed by atoms with E-state index in [2.05, 4.69) is 17.8 Å². The molecular weight excluding hydrogens is 96.1 g/mol. The first-order valence-electron chi connectivity index (χ1n) is 2.75. The maximum Gasteiger partial charge on any atom is 0.0780 e. The van der Waals surface area contributed by atoms with E-state index in [0.29, 0.717) is 0 Å². The van der Waals surface area contributed by atoms with Crippen molar-refractivity contribution in [1.29, 1.82) is 0 Å². The van der Waals surface area contributed by atoms with E-state index in [0.717, 1.165) is 6.42 Å². The Hall–Kier alpha value is -0.880. The Morgan fingerprint density at radius 3 is 2.62 bits per heavy atom. The van der Waals surface area contributed by atoms with Crippen LogP contribution in [-0.4, -0.2) is 0 Å². The lowest BCUT2D eigenvalue weighted by molar-refractivity contribution is 1.02. The zero-order valence-electron chi connectivity index (χ0n) is 5.36. The molecule has 0 nitrogen and oxygen atoms in total. The molecule has 0 N–H and O–H groups in total. The van der Waals surface area contributed by atoms with Gasteiger partial charge in [0, 0.05) is 6.42 Å². The van der Waals surface area contributed by atoms with Crippen molar-refractivity contribution in [2.75, 3.05) is 0 Å². The van der Waals surface area contributed by atoms with E-state index in [9.17, 15) is 0 Å². The van der Waals surface area contributed by atoms with Crippen LogP contribution in [0.4, 0.5) is 0 Å². The van der Waals surface area contributed by atoms with Gasteiger partial charge in [-0.15, -0.1) is 12.3 Å². The average molecular weight is 106 g/mol. The molecule has 0 saturated heterocycles. The van der Waals surface area contributed by atoms with Crippen LogP contribution in [0.15, 0.2) is 0 Å². The van der Waals surface area contributed by atoms with Gasteiger partial charge in [-0.1, -0.05) is 18.8 Å². The van der Waals surface area contributed by atoms with Gasteiger partial charge in [-0.25, -0.2) is 0 Å². The highest BCUT2D eigenvalue weighted by Gasteiger charge is 1.82. The van der Waals surface area contributed by atoms with Crippen molar-refractivity contribution in [3.05, 3.63) is 0 Å². The molecule has 0 spiro atoms. The fourth-order valence-electron chi connectivity index (χ4n) is 0.297. The van der Waals surface area contributed by atoms with E-state index in [1.807, 2.05) is 13.8 Å². The van der Waals surface area contributed by atoms with Crippen LogP contribution in [0.5, 0.6) is 0 Å². The van der Waals surface area contributed by atoms with Crippen LogP contribution in [0.25, 0.3) is 0 Å². The summed E-state index contributed by atoms with van der Waals surface area (Å²) < 4.78 is 0. The monoisotopic (exact) mass is 106 g/mol. The molecule has 8 heavy (non-hydrogen) atoms. The van der Waals surface area contributed by atoms with E-state index < -0.39 is 0 Å². The van der Waals surface area contributed by atoms with E-state index >= 15 is 0 Å². The van der Waals surface area contributed by atoms with Crippen molar-refractivity contribution in [2.45, 2.75) is 20.3 Å². The molecule has 0 aliphatic heterocycles. The predicted molar refractivity (Wildman–Crippen MR) is 36.1 cm³/mol. The number of hydrogen-bond donors (Lipinski definition) is 0. The Bertz CT molecular complexity index is 138. The Kier molecular flexibility index (Phi) is 3.81. The lowest BCUT2D eigenvalue weighted by atomic mass is 10.2. The van der Waals surface area contributed by atoms with Gasteiger partial charge in [0.2, 0.25) is 0 Å². The molecule has 0 saturated carbocycles. The maximum absolute atomic E-state index is 5.06. The topological polar surface area (TPSA) is 0 Å². The second-order valence-electron chi connectivity index (χ2n) is 1.56. The molecule has 0 aliphatic carbocycles. The number of rotatable bonds is 0. The third kappa shape index (κ3) is 3.32. The Balaban J connectivity index is 3.56. The van der Waals surface area contributed by atoms with Gasteiger partial charge in [0.25, 0.3) is 0 Å². The van der Waals surface area contributed by atoms with E-state index in [-0.39, 0.29) is 5.92 Å². The molecule has 0 aromatic rings. The summed E-state index contributed by atoms with van der Waals surface area (Å²) in [4.78, 5) is 0. The summed E-state index contributed by atoms with van der Waals surface area (Å²) in [6.45, 7) is 3.93. The maximum atomic E-state index is 5.06. The molecule has 0 rings (SSSR count). The summed E-state index contributed by atoms with van der Waals surface area (Å²) in [6.07, 6.45) is 5.96. The third-order valence-electron chi connectivity index (χ3n) is 0.745. The van der Waals surface area contributed by atoms with Crippen LogP contribution < -0.4 is 0 Å². The molecule has 0 heterocycles. The van der Waals surface area contributed by atoms with Gasteiger partial charge in [0.05, 0.1) is 5.92 Å². The number of hydrogen-bond acceptors (Lipinski definition) is 0. The highest BCUT2D eigenvalue weighted by molar-refractivity contribution is 5.12. The van der Waals surface area contributed by atoms with E-state index in [1.165, 1.54) is 0 Å². The minimum atomic E-state index is 0.120. The largest absolute Gasteiger partial charge is 0.119 e. The molecule has 0 aliphatic rings. The Labute approximate surface area is 51.3 Å². The quantitative estimate of drug-likeness (QED) is 0.412. The van der Waals surface area contributed by atoms with Crippen molar-refractivity contribution in [1.82, 2.24) is 0 Å². The van der Waals surface area contributed by atoms with Gasteiger partial charge < -0.3 is 0 Å². The summed E-state index contributed by atoms with van der Waals surface area (Å²) >= 11 is 0. The van der Waals surface area contributed by atoms with Crippen LogP contribution in [-0.2, 0) is 0 Å². The Morgan fingerprint density at radius 2 is 2.25 bits per heavy atom. The molecule has 42 valence electrons. The highest BCUT2D eigenvalue weighted by atomic mass is 13.8. The first-order valence-corrected chi connectivity index (χ1v) is 2.75. The summed E-state index contributed by atoms with van der Waals surface area (Å²) in [5.74, 6) is 8.45. The predicted octanol–water partition coefficient (Wildman–Crippen LogP) is 1.67. The molecule has 1 unspecified atom stereocenters. The molecule has 1 atom stereocenters. The normalized spacial score (nSPS) is 10.6. The molecule has 0 fully saturated rings. The van der Waals surface area contributed by atoms with Crippen molar-refractivity contribution >= 4 is 0 Å². The van der Waals surface area contributed by atoms with Crippen molar-refractivity contribution in [2.24, 2.45) is 5.92 Å². The third-order valence-corrected chi connectivity index (χ3v) is 0.745. The highest BCUT2D eigenvalue weighted by Crippen LogP contribution is 1.85. The zero-order chi connectivity index (χ0) is 6.41. The summed E-state index contributed by atoms with van der Waals surface area (Å²) in [6, 6.07) is 0. The summed E-state index contributed by atoms with van der Waals surface area (Å²) in [5.41, 5.74) is 0. The van der Waals surface area contributed by atoms with Gasteiger partial charge in [-0.05, 0) is 6.92 Å². The molecule has 0 aromatic carbocycles. The minimum absolute atomic E-state index is 0.120. The van der Waals surface area contributed by atoms with Gasteiger partial charge >= 0.3 is 0 Å². The smallest absolute Gasteiger partial charge is 0.0780 e. The lowest BCUT2D eigenvalue weighted by Crippen LogP contribution is -1.80. The summed E-state index contributed by atoms with van der Waals surface area (Å²) in [5, 5.41) is 0. The first-order chi connectivity index (χ1) is 3.81. The average Bonchev–Trinajstić information content (AvgIpc) is 1.83. The minimum Gasteiger partial charge on any atom is -0.119 e. The van der Waals surface area contributed by atoms with Crippen LogP contribution in [0.3, 0.4) is 0 Å². The van der Waals surface area contributed by atoms with E-state index in [4.69, 9.17) is 6.42 Å². The molecule has 0 bridgehead atoms. The molecule has 0 heteroatoms. The fourth-order valence-corrected chi connectivity index (χ4v) is 0.297. The lowest BCUT2D eigenvalue weighted by Gasteiger charge is -1.84. The van der Waals surface area contributed by atoms with Crippen molar-refractivity contribution in [3.63, 3.8) is 0 Å². The summed E-state index contributed by atoms with van der Waals surface area (Å²) in [7, 11) is 0. The van der Waals surface area contributed by atoms with Gasteiger partial charge in [-0.2, -0.15) is 0 Å².